The lowest BCUT2D eigenvalue weighted by Crippen LogP contribution is -2.41. The molecule has 2 fully saturated rings. The third kappa shape index (κ3) is 4.75. The van der Waals surface area contributed by atoms with E-state index >= 15 is 0 Å². The van der Waals surface area contributed by atoms with Crippen LogP contribution in [0.3, 0.4) is 0 Å². The molecule has 0 bridgehead atoms. The van der Waals surface area contributed by atoms with E-state index in [1.165, 1.54) is 18.2 Å². The third-order valence-corrected chi connectivity index (χ3v) is 5.13. The highest BCUT2D eigenvalue weighted by Crippen LogP contribution is 2.28. The monoisotopic (exact) mass is 413 g/mol. The number of amides is 1. The Labute approximate surface area is 153 Å². The van der Waals surface area contributed by atoms with Crippen molar-refractivity contribution in [2.24, 2.45) is 5.92 Å². The van der Waals surface area contributed by atoms with E-state index in [1.807, 2.05) is 0 Å². The molecule has 2 saturated heterocycles. The Balaban J connectivity index is 1.47. The van der Waals surface area contributed by atoms with Crippen molar-refractivity contribution in [2.75, 3.05) is 38.2 Å². The fourth-order valence-corrected chi connectivity index (χ4v) is 3.61. The van der Waals surface area contributed by atoms with E-state index in [9.17, 15) is 14.9 Å². The highest BCUT2D eigenvalue weighted by molar-refractivity contribution is 9.10. The van der Waals surface area contributed by atoms with E-state index in [0.29, 0.717) is 35.8 Å². The van der Waals surface area contributed by atoms with E-state index < -0.39 is 4.92 Å². The lowest BCUT2D eigenvalue weighted by atomic mass is 9.96. The molecular weight excluding hydrogens is 394 g/mol. The molecule has 0 aliphatic carbocycles. The van der Waals surface area contributed by atoms with E-state index in [1.54, 1.807) is 0 Å². The van der Waals surface area contributed by atoms with Crippen LogP contribution < -0.4 is 5.32 Å². The van der Waals surface area contributed by atoms with E-state index in [0.717, 1.165) is 25.9 Å². The van der Waals surface area contributed by atoms with Crippen LogP contribution in [0.25, 0.3) is 0 Å². The molecular formula is C16H20BrN3O5. The molecule has 2 aliphatic heterocycles. The molecule has 2 aliphatic rings. The quantitative estimate of drug-likeness (QED) is 0.588. The van der Waals surface area contributed by atoms with Crippen molar-refractivity contribution in [3.05, 3.63) is 32.8 Å². The van der Waals surface area contributed by atoms with Crippen molar-refractivity contribution in [1.29, 1.82) is 0 Å². The van der Waals surface area contributed by atoms with Gasteiger partial charge in [-0.2, -0.15) is 0 Å². The number of rotatable bonds is 5. The molecule has 136 valence electrons. The van der Waals surface area contributed by atoms with Gasteiger partial charge in [0, 0.05) is 22.5 Å². The minimum atomic E-state index is -0.474. The number of benzene rings is 1. The van der Waals surface area contributed by atoms with Crippen LogP contribution in [0.5, 0.6) is 0 Å². The van der Waals surface area contributed by atoms with Gasteiger partial charge in [-0.15, -0.1) is 0 Å². The number of likely N-dealkylation sites (tertiary alicyclic amines) is 1. The lowest BCUT2D eigenvalue weighted by molar-refractivity contribution is -0.384. The Bertz CT molecular complexity index is 643. The van der Waals surface area contributed by atoms with Gasteiger partial charge in [0.2, 0.25) is 5.91 Å². The molecule has 2 heterocycles. The number of piperidine rings is 1. The van der Waals surface area contributed by atoms with Crippen LogP contribution in [0.15, 0.2) is 22.7 Å². The number of hydrogen-bond donors (Lipinski definition) is 1. The Hall–Kier alpha value is -1.55. The van der Waals surface area contributed by atoms with Crippen LogP contribution in [-0.2, 0) is 14.3 Å². The molecule has 9 heteroatoms. The Morgan fingerprint density at radius 2 is 2.00 bits per heavy atom. The van der Waals surface area contributed by atoms with Crippen molar-refractivity contribution >= 4 is 33.2 Å². The summed E-state index contributed by atoms with van der Waals surface area (Å²) in [6.45, 7) is 3.27. The first-order valence-electron chi connectivity index (χ1n) is 8.22. The fraction of sp³-hybridized carbons (Fsp3) is 0.562. The smallest absolute Gasteiger partial charge is 0.270 e. The van der Waals surface area contributed by atoms with Gasteiger partial charge >= 0.3 is 0 Å². The van der Waals surface area contributed by atoms with Gasteiger partial charge in [-0.1, -0.05) is 0 Å². The summed E-state index contributed by atoms with van der Waals surface area (Å²) in [6, 6.07) is 4.28. The van der Waals surface area contributed by atoms with Gasteiger partial charge in [0.1, 0.15) is 0 Å². The molecule has 0 unspecified atom stereocenters. The summed E-state index contributed by atoms with van der Waals surface area (Å²) in [7, 11) is 0. The van der Waals surface area contributed by atoms with Gasteiger partial charge in [-0.05, 0) is 47.9 Å². The molecule has 1 amide bonds. The zero-order chi connectivity index (χ0) is 17.8. The number of hydrogen-bond acceptors (Lipinski definition) is 6. The van der Waals surface area contributed by atoms with Gasteiger partial charge in [0.05, 0.1) is 30.4 Å². The molecule has 0 saturated carbocycles. The van der Waals surface area contributed by atoms with Crippen molar-refractivity contribution in [2.45, 2.75) is 19.1 Å². The number of non-ortho nitro benzene ring substituents is 1. The molecule has 1 aromatic rings. The lowest BCUT2D eigenvalue weighted by Gasteiger charge is -2.33. The highest BCUT2D eigenvalue weighted by atomic mass is 79.9. The second-order valence-corrected chi connectivity index (χ2v) is 7.05. The summed E-state index contributed by atoms with van der Waals surface area (Å²) in [5.41, 5.74) is 0.501. The van der Waals surface area contributed by atoms with Gasteiger partial charge in [-0.25, -0.2) is 0 Å². The molecule has 1 N–H and O–H groups in total. The molecule has 0 radical (unpaired) electrons. The van der Waals surface area contributed by atoms with Crippen molar-refractivity contribution in [1.82, 2.24) is 4.90 Å². The number of nitro benzene ring substituents is 1. The maximum absolute atomic E-state index is 12.2. The average Bonchev–Trinajstić information content (AvgIpc) is 3.11. The normalized spacial score (nSPS) is 19.9. The molecule has 0 spiro atoms. The van der Waals surface area contributed by atoms with Gasteiger partial charge in [0.15, 0.2) is 6.29 Å². The number of ether oxygens (including phenoxy) is 2. The topological polar surface area (TPSA) is 93.9 Å². The number of nitro groups is 1. The number of anilines is 1. The average molecular weight is 414 g/mol. The van der Waals surface area contributed by atoms with Crippen LogP contribution >= 0.6 is 15.9 Å². The number of carbonyl (C=O) groups excluding carboxylic acids is 1. The minimum Gasteiger partial charge on any atom is -0.350 e. The molecule has 0 aromatic heterocycles. The van der Waals surface area contributed by atoms with Crippen molar-refractivity contribution in [3.8, 4) is 0 Å². The van der Waals surface area contributed by atoms with E-state index in [2.05, 4.69) is 26.1 Å². The van der Waals surface area contributed by atoms with Crippen LogP contribution in [-0.4, -0.2) is 54.9 Å². The maximum Gasteiger partial charge on any atom is 0.270 e. The zero-order valence-corrected chi connectivity index (χ0v) is 15.2. The molecule has 0 atom stereocenters. The van der Waals surface area contributed by atoms with Crippen LogP contribution in [0.2, 0.25) is 0 Å². The molecule has 3 rings (SSSR count). The predicted octanol–water partition coefficient (Wildman–Crippen LogP) is 2.38. The summed E-state index contributed by atoms with van der Waals surface area (Å²) in [6.07, 6.45) is 1.80. The zero-order valence-electron chi connectivity index (χ0n) is 13.7. The molecule has 1 aromatic carbocycles. The highest BCUT2D eigenvalue weighted by Gasteiger charge is 2.30. The largest absolute Gasteiger partial charge is 0.350 e. The summed E-state index contributed by atoms with van der Waals surface area (Å²) in [5, 5.41) is 13.5. The predicted molar refractivity (Wildman–Crippen MR) is 94.3 cm³/mol. The molecule has 8 nitrogen and oxygen atoms in total. The van der Waals surface area contributed by atoms with Crippen molar-refractivity contribution in [3.63, 3.8) is 0 Å². The number of carbonyl (C=O) groups is 1. The Morgan fingerprint density at radius 1 is 1.32 bits per heavy atom. The second kappa shape index (κ2) is 8.22. The minimum absolute atomic E-state index is 0.0247. The summed E-state index contributed by atoms with van der Waals surface area (Å²) in [4.78, 5) is 24.6. The first-order valence-corrected chi connectivity index (χ1v) is 9.01. The first-order chi connectivity index (χ1) is 12.0. The third-order valence-electron chi connectivity index (χ3n) is 4.47. The Kier molecular flexibility index (Phi) is 6.00. The summed E-state index contributed by atoms with van der Waals surface area (Å²) in [5.74, 6) is 0.256. The van der Waals surface area contributed by atoms with Gasteiger partial charge < -0.3 is 14.8 Å². The summed E-state index contributed by atoms with van der Waals surface area (Å²) >= 11 is 3.25. The van der Waals surface area contributed by atoms with E-state index in [4.69, 9.17) is 9.47 Å². The van der Waals surface area contributed by atoms with Crippen LogP contribution in [0.4, 0.5) is 11.4 Å². The van der Waals surface area contributed by atoms with Gasteiger partial charge in [0.25, 0.3) is 5.69 Å². The first kappa shape index (κ1) is 18.2. The SMILES string of the molecule is O=C(CN1CCC(C2OCCO2)CC1)Nc1ccc([N+](=O)[O-])cc1Br. The van der Waals surface area contributed by atoms with Crippen molar-refractivity contribution < 1.29 is 19.2 Å². The van der Waals surface area contributed by atoms with Crippen LogP contribution in [0.1, 0.15) is 12.8 Å². The Morgan fingerprint density at radius 3 is 2.60 bits per heavy atom. The number of nitrogens with zero attached hydrogens (tertiary/aromatic N) is 2. The fourth-order valence-electron chi connectivity index (χ4n) is 3.14. The standard InChI is InChI=1S/C16H20BrN3O5/c17-13-9-12(20(22)23)1-2-14(13)18-15(21)10-19-5-3-11(4-6-19)16-24-7-8-25-16/h1-2,9,11,16H,3-8,10H2,(H,18,21). The number of nitrogens with one attached hydrogen (secondary N) is 1. The summed E-state index contributed by atoms with van der Waals surface area (Å²) < 4.78 is 11.6. The second-order valence-electron chi connectivity index (χ2n) is 6.19. The van der Waals surface area contributed by atoms with Gasteiger partial charge in [-0.3, -0.25) is 19.8 Å². The molecule has 25 heavy (non-hydrogen) atoms. The van der Waals surface area contributed by atoms with Crippen LogP contribution in [0, 0.1) is 16.0 Å². The maximum atomic E-state index is 12.2. The van der Waals surface area contributed by atoms with E-state index in [-0.39, 0.29) is 17.9 Å². The number of halogens is 1.